The van der Waals surface area contributed by atoms with E-state index in [4.69, 9.17) is 4.42 Å². The number of anilines is 1. The number of fused-ring (bicyclic) bond motifs is 10. The van der Waals surface area contributed by atoms with Gasteiger partial charge in [0, 0.05) is 76.4 Å². The maximum absolute atomic E-state index is 13.4. The van der Waals surface area contributed by atoms with E-state index in [-0.39, 0.29) is 12.5 Å². The van der Waals surface area contributed by atoms with Crippen molar-refractivity contribution in [2.45, 2.75) is 20.8 Å². The molecular formula is C25H33N5O5. The summed E-state index contributed by atoms with van der Waals surface area (Å²) in [7, 11) is 0. The molecule has 0 unspecified atom stereocenters. The van der Waals surface area contributed by atoms with Gasteiger partial charge in [0.05, 0.1) is 12.2 Å². The molecule has 0 aliphatic carbocycles. The molecule has 1 aromatic carbocycles. The van der Waals surface area contributed by atoms with Crippen LogP contribution in [0.15, 0.2) is 27.4 Å². The van der Waals surface area contributed by atoms with Crippen LogP contribution in [0, 0.1) is 13.8 Å². The Balaban J connectivity index is 1.52. The molecule has 3 saturated heterocycles. The molecule has 3 amide bonds. The second-order valence-corrected chi connectivity index (χ2v) is 9.13. The summed E-state index contributed by atoms with van der Waals surface area (Å²) >= 11 is 0. The molecule has 10 heteroatoms. The average molecular weight is 484 g/mol. The highest BCUT2D eigenvalue weighted by atomic mass is 16.4. The third-order valence-electron chi connectivity index (χ3n) is 6.78. The predicted molar refractivity (Wildman–Crippen MR) is 132 cm³/mol. The summed E-state index contributed by atoms with van der Waals surface area (Å²) in [6.45, 7) is 10.7. The highest BCUT2D eigenvalue weighted by Gasteiger charge is 2.32. The Bertz CT molecular complexity index is 1190. The molecule has 2 aromatic rings. The van der Waals surface area contributed by atoms with Crippen molar-refractivity contribution in [3.8, 4) is 0 Å². The number of amides is 3. The molecule has 2 bridgehead atoms. The fourth-order valence-electron chi connectivity index (χ4n) is 4.76. The van der Waals surface area contributed by atoms with Crippen LogP contribution in [0.3, 0.4) is 0 Å². The first kappa shape index (κ1) is 24.9. The van der Waals surface area contributed by atoms with E-state index in [1.165, 1.54) is 6.07 Å². The minimum atomic E-state index is -0.471. The van der Waals surface area contributed by atoms with Crippen molar-refractivity contribution >= 4 is 34.4 Å². The SMILES string of the molecule is CCN(C(=O)CN1CCNCCN2CCN(CC1)C(=O)C2=O)c1cc2oc(=O)cc(C)c2cc1C. The smallest absolute Gasteiger partial charge is 0.336 e. The maximum atomic E-state index is 13.4. The monoisotopic (exact) mass is 483 g/mol. The van der Waals surface area contributed by atoms with Crippen LogP contribution in [0.25, 0.3) is 11.0 Å². The van der Waals surface area contributed by atoms with E-state index >= 15 is 0 Å². The number of carbonyl (C=O) groups excluding carboxylic acids is 3. The molecule has 1 N–H and O–H groups in total. The lowest BCUT2D eigenvalue weighted by Crippen LogP contribution is -2.57. The molecule has 0 spiro atoms. The van der Waals surface area contributed by atoms with Crippen molar-refractivity contribution in [2.24, 2.45) is 0 Å². The number of aryl methyl sites for hydroxylation is 2. The molecule has 3 aliphatic heterocycles. The number of benzene rings is 1. The van der Waals surface area contributed by atoms with Crippen LogP contribution < -0.4 is 15.8 Å². The summed E-state index contributed by atoms with van der Waals surface area (Å²) in [5.41, 5.74) is 2.51. The van der Waals surface area contributed by atoms with Crippen LogP contribution in [0.4, 0.5) is 5.69 Å². The average Bonchev–Trinajstić information content (AvgIpc) is 2.80. The van der Waals surface area contributed by atoms with Crippen molar-refractivity contribution in [1.29, 1.82) is 0 Å². The van der Waals surface area contributed by atoms with Gasteiger partial charge in [-0.3, -0.25) is 19.3 Å². The maximum Gasteiger partial charge on any atom is 0.336 e. The molecule has 5 rings (SSSR count). The molecule has 3 fully saturated rings. The van der Waals surface area contributed by atoms with Crippen molar-refractivity contribution in [3.05, 3.63) is 39.7 Å². The van der Waals surface area contributed by atoms with Crippen molar-refractivity contribution in [1.82, 2.24) is 20.0 Å². The summed E-state index contributed by atoms with van der Waals surface area (Å²) in [5.74, 6) is -1.00. The highest BCUT2D eigenvalue weighted by molar-refractivity contribution is 6.35. The second-order valence-electron chi connectivity index (χ2n) is 9.13. The topological polar surface area (TPSA) is 106 Å². The Morgan fingerprint density at radius 1 is 0.914 bits per heavy atom. The van der Waals surface area contributed by atoms with Gasteiger partial charge in [-0.2, -0.15) is 0 Å². The highest BCUT2D eigenvalue weighted by Crippen LogP contribution is 2.28. The van der Waals surface area contributed by atoms with E-state index in [0.29, 0.717) is 70.2 Å². The first-order chi connectivity index (χ1) is 16.8. The van der Waals surface area contributed by atoms with E-state index in [9.17, 15) is 19.2 Å². The van der Waals surface area contributed by atoms with Gasteiger partial charge < -0.3 is 24.4 Å². The molecular weight excluding hydrogens is 450 g/mol. The van der Waals surface area contributed by atoms with Crippen LogP contribution in [0.5, 0.6) is 0 Å². The van der Waals surface area contributed by atoms with Crippen LogP contribution in [-0.4, -0.2) is 97.9 Å². The minimum absolute atomic E-state index is 0.0794. The number of nitrogens with one attached hydrogen (secondary N) is 1. The molecule has 0 atom stereocenters. The third kappa shape index (κ3) is 5.38. The quantitative estimate of drug-likeness (QED) is 0.494. The zero-order chi connectivity index (χ0) is 25.1. The summed E-state index contributed by atoms with van der Waals surface area (Å²) in [6.07, 6.45) is 0. The van der Waals surface area contributed by atoms with Crippen LogP contribution in [0.1, 0.15) is 18.1 Å². The number of hydrogen-bond acceptors (Lipinski definition) is 7. The number of piperazine rings is 1. The number of likely N-dealkylation sites (N-methyl/N-ethyl adjacent to an activating group) is 1. The molecule has 0 radical (unpaired) electrons. The van der Waals surface area contributed by atoms with Gasteiger partial charge in [-0.15, -0.1) is 0 Å². The summed E-state index contributed by atoms with van der Waals surface area (Å²) in [4.78, 5) is 57.0. The zero-order valence-corrected chi connectivity index (χ0v) is 20.6. The van der Waals surface area contributed by atoms with Gasteiger partial charge in [-0.1, -0.05) is 0 Å². The lowest BCUT2D eigenvalue weighted by molar-refractivity contribution is -0.156. The normalized spacial score (nSPS) is 18.0. The fourth-order valence-corrected chi connectivity index (χ4v) is 4.76. The van der Waals surface area contributed by atoms with Gasteiger partial charge in [0.2, 0.25) is 5.91 Å². The van der Waals surface area contributed by atoms with E-state index in [1.54, 1.807) is 20.8 Å². The number of hydrogen-bond donors (Lipinski definition) is 1. The van der Waals surface area contributed by atoms with Crippen molar-refractivity contribution < 1.29 is 18.8 Å². The van der Waals surface area contributed by atoms with Crippen LogP contribution in [-0.2, 0) is 14.4 Å². The van der Waals surface area contributed by atoms with E-state index in [1.807, 2.05) is 31.7 Å². The lowest BCUT2D eigenvalue weighted by atomic mass is 10.1. The van der Waals surface area contributed by atoms with Gasteiger partial charge in [-0.05, 0) is 38.0 Å². The molecule has 4 heterocycles. The van der Waals surface area contributed by atoms with Gasteiger partial charge in [-0.25, -0.2) is 4.79 Å². The summed E-state index contributed by atoms with van der Waals surface area (Å²) in [5, 5.41) is 4.16. The number of carbonyl (C=O) groups is 3. The summed E-state index contributed by atoms with van der Waals surface area (Å²) in [6, 6.07) is 5.18. The molecule has 35 heavy (non-hydrogen) atoms. The van der Waals surface area contributed by atoms with Gasteiger partial charge >= 0.3 is 17.4 Å². The second kappa shape index (κ2) is 10.6. The zero-order valence-electron chi connectivity index (χ0n) is 20.6. The molecule has 10 nitrogen and oxygen atoms in total. The fraction of sp³-hybridized carbons (Fsp3) is 0.520. The Hall–Kier alpha value is -3.24. The molecule has 0 saturated carbocycles. The number of rotatable bonds is 4. The number of nitrogens with zero attached hydrogens (tertiary/aromatic N) is 4. The molecule has 188 valence electrons. The largest absolute Gasteiger partial charge is 0.423 e. The van der Waals surface area contributed by atoms with Gasteiger partial charge in [0.1, 0.15) is 5.58 Å². The van der Waals surface area contributed by atoms with Crippen molar-refractivity contribution in [3.63, 3.8) is 0 Å². The standard InChI is InChI=1S/C25H33N5O5/c1-4-30(20-15-21-19(13-18(20)3)17(2)14-23(32)35-21)22(31)16-27-7-5-26-6-8-28-11-12-29(10-9-27)25(34)24(28)33/h13-15,26H,4-12,16H2,1-3H3. The predicted octanol–water partition coefficient (Wildman–Crippen LogP) is 0.339. The Morgan fingerprint density at radius 2 is 1.57 bits per heavy atom. The minimum Gasteiger partial charge on any atom is -0.423 e. The van der Waals surface area contributed by atoms with E-state index in [2.05, 4.69) is 5.32 Å². The first-order valence-corrected chi connectivity index (χ1v) is 12.1. The van der Waals surface area contributed by atoms with E-state index < -0.39 is 17.4 Å². The summed E-state index contributed by atoms with van der Waals surface area (Å²) < 4.78 is 5.41. The Labute approximate surface area is 204 Å². The lowest BCUT2D eigenvalue weighted by Gasteiger charge is -2.36. The first-order valence-electron chi connectivity index (χ1n) is 12.1. The third-order valence-corrected chi connectivity index (χ3v) is 6.78. The van der Waals surface area contributed by atoms with Gasteiger partial charge in [0.25, 0.3) is 0 Å². The van der Waals surface area contributed by atoms with E-state index in [0.717, 1.165) is 16.5 Å². The van der Waals surface area contributed by atoms with Crippen molar-refractivity contribution in [2.75, 3.05) is 70.3 Å². The molecule has 3 aliphatic rings. The molecule has 1 aromatic heterocycles. The Morgan fingerprint density at radius 3 is 2.29 bits per heavy atom. The Kier molecular flexibility index (Phi) is 7.51. The van der Waals surface area contributed by atoms with Gasteiger partial charge in [0.15, 0.2) is 0 Å². The van der Waals surface area contributed by atoms with Crippen LogP contribution in [0.2, 0.25) is 0 Å². The van der Waals surface area contributed by atoms with Crippen LogP contribution >= 0.6 is 0 Å².